The van der Waals surface area contributed by atoms with Gasteiger partial charge in [0.25, 0.3) is 0 Å². The van der Waals surface area contributed by atoms with Crippen LogP contribution in [0.1, 0.15) is 48.7 Å². The third-order valence-corrected chi connectivity index (χ3v) is 7.36. The quantitative estimate of drug-likeness (QED) is 0.504. The van der Waals surface area contributed by atoms with Crippen molar-refractivity contribution in [3.05, 3.63) is 68.8 Å². The van der Waals surface area contributed by atoms with Gasteiger partial charge in [0.2, 0.25) is 5.91 Å². The Bertz CT molecular complexity index is 1190. The topological polar surface area (TPSA) is 87.5 Å². The number of carbonyl (C=O) groups is 2. The molecule has 0 saturated heterocycles. The number of primary amides is 1. The van der Waals surface area contributed by atoms with Crippen LogP contribution in [0.2, 0.25) is 10.0 Å². The summed E-state index contributed by atoms with van der Waals surface area (Å²) in [5.74, 6) is -0.551. The first kappa shape index (κ1) is 24.6. The van der Waals surface area contributed by atoms with Gasteiger partial charge in [-0.1, -0.05) is 43.1 Å². The summed E-state index contributed by atoms with van der Waals surface area (Å²) in [6.45, 7) is 5.10. The molecule has 2 aromatic rings. The molecule has 0 bridgehead atoms. The number of nitrogens with one attached hydrogen (secondary N) is 2. The monoisotopic (exact) mass is 500 g/mol. The number of Topliss-reactive ketones (excluding diaryl/α,β-unsaturated/α-hetero) is 1. The molecule has 2 aromatic carbocycles. The zero-order valence-electron chi connectivity index (χ0n) is 19.8. The highest BCUT2D eigenvalue weighted by Gasteiger charge is 2.46. The standard InChI is InChI=1S/C26H30Cl2N4O2/c1-26(2)13-21-22(24(33)17(26)9-10-32(3)4)23(16-7-6-15(27)12-18(16)28)31-19-8-5-14(25(29)34)11-20(19)30-21/h5-8,11-12,17,23,30-31H,9-10,13H2,1-4H3,(H2,29,34). The van der Waals surface area contributed by atoms with Gasteiger partial charge in [-0.2, -0.15) is 0 Å². The Morgan fingerprint density at radius 1 is 1.15 bits per heavy atom. The first-order valence-electron chi connectivity index (χ1n) is 11.3. The highest BCUT2D eigenvalue weighted by Crippen LogP contribution is 2.50. The molecule has 0 saturated carbocycles. The summed E-state index contributed by atoms with van der Waals surface area (Å²) in [5.41, 5.74) is 9.40. The lowest BCUT2D eigenvalue weighted by atomic mass is 9.64. The molecule has 0 fully saturated rings. The average molecular weight is 501 g/mol. The van der Waals surface area contributed by atoms with E-state index in [4.69, 9.17) is 28.9 Å². The molecular formula is C26H30Cl2N4O2. The van der Waals surface area contributed by atoms with Crippen molar-refractivity contribution in [1.82, 2.24) is 4.90 Å². The van der Waals surface area contributed by atoms with E-state index in [1.165, 1.54) is 0 Å². The number of allylic oxidation sites excluding steroid dienone is 1. The lowest BCUT2D eigenvalue weighted by Gasteiger charge is -2.41. The largest absolute Gasteiger partial charge is 0.372 e. The Balaban J connectivity index is 1.88. The van der Waals surface area contributed by atoms with Crippen molar-refractivity contribution in [2.45, 2.75) is 32.7 Å². The molecular weight excluding hydrogens is 471 g/mol. The van der Waals surface area contributed by atoms with E-state index in [9.17, 15) is 9.59 Å². The fourth-order valence-electron chi connectivity index (χ4n) is 4.99. The Hall–Kier alpha value is -2.54. The SMILES string of the molecule is CN(C)CCC1C(=O)C2=C(CC1(C)C)Nc1cc(C(N)=O)ccc1NC2c1ccc(Cl)cc1Cl. The van der Waals surface area contributed by atoms with Crippen molar-refractivity contribution in [2.75, 3.05) is 31.3 Å². The number of benzene rings is 2. The molecule has 6 nitrogen and oxygen atoms in total. The number of anilines is 2. The van der Waals surface area contributed by atoms with Crippen molar-refractivity contribution < 1.29 is 9.59 Å². The molecule has 0 spiro atoms. The minimum Gasteiger partial charge on any atom is -0.372 e. The number of hydrogen-bond acceptors (Lipinski definition) is 5. The van der Waals surface area contributed by atoms with E-state index >= 15 is 0 Å². The fourth-order valence-corrected chi connectivity index (χ4v) is 5.51. The van der Waals surface area contributed by atoms with Crippen molar-refractivity contribution in [2.24, 2.45) is 17.1 Å². The molecule has 4 N–H and O–H groups in total. The lowest BCUT2D eigenvalue weighted by molar-refractivity contribution is -0.124. The maximum atomic E-state index is 14.1. The third-order valence-electron chi connectivity index (χ3n) is 6.80. The van der Waals surface area contributed by atoms with E-state index in [1.807, 2.05) is 20.2 Å². The molecule has 0 aromatic heterocycles. The van der Waals surface area contributed by atoms with Gasteiger partial charge >= 0.3 is 0 Å². The van der Waals surface area contributed by atoms with Crippen molar-refractivity contribution in [1.29, 1.82) is 0 Å². The fraction of sp³-hybridized carbons (Fsp3) is 0.385. The zero-order valence-corrected chi connectivity index (χ0v) is 21.3. The Labute approximate surface area is 210 Å². The molecule has 2 unspecified atom stereocenters. The van der Waals surface area contributed by atoms with Crippen molar-refractivity contribution in [3.63, 3.8) is 0 Å². The van der Waals surface area contributed by atoms with Gasteiger partial charge in [-0.3, -0.25) is 9.59 Å². The summed E-state index contributed by atoms with van der Waals surface area (Å²) in [5, 5.41) is 7.99. The van der Waals surface area contributed by atoms with Crippen LogP contribution in [0.3, 0.4) is 0 Å². The molecule has 4 rings (SSSR count). The van der Waals surface area contributed by atoms with E-state index in [1.54, 1.807) is 30.3 Å². The number of amides is 1. The van der Waals surface area contributed by atoms with Gasteiger partial charge in [0.05, 0.1) is 17.4 Å². The van der Waals surface area contributed by atoms with Crippen LogP contribution < -0.4 is 16.4 Å². The predicted molar refractivity (Wildman–Crippen MR) is 139 cm³/mol. The molecule has 1 aliphatic heterocycles. The van der Waals surface area contributed by atoms with Gasteiger partial charge in [-0.05, 0) is 74.8 Å². The molecule has 1 amide bonds. The van der Waals surface area contributed by atoms with E-state index in [2.05, 4.69) is 29.4 Å². The van der Waals surface area contributed by atoms with Crippen LogP contribution in [0.4, 0.5) is 11.4 Å². The predicted octanol–water partition coefficient (Wildman–Crippen LogP) is 5.49. The number of halogens is 2. The third kappa shape index (κ3) is 4.67. The van der Waals surface area contributed by atoms with Gasteiger partial charge in [-0.15, -0.1) is 0 Å². The van der Waals surface area contributed by atoms with Crippen LogP contribution in [0.25, 0.3) is 0 Å². The van der Waals surface area contributed by atoms with E-state index in [0.717, 1.165) is 29.9 Å². The molecule has 8 heteroatoms. The summed E-state index contributed by atoms with van der Waals surface area (Å²) in [4.78, 5) is 28.0. The summed E-state index contributed by atoms with van der Waals surface area (Å²) in [7, 11) is 4.03. The van der Waals surface area contributed by atoms with Crippen LogP contribution in [0.15, 0.2) is 47.7 Å². The number of hydrogen-bond donors (Lipinski definition) is 3. The summed E-state index contributed by atoms with van der Waals surface area (Å²) in [6, 6.07) is 10.0. The second-order valence-corrected chi connectivity index (χ2v) is 10.9. The van der Waals surface area contributed by atoms with E-state index < -0.39 is 11.9 Å². The molecule has 0 radical (unpaired) electrons. The summed E-state index contributed by atoms with van der Waals surface area (Å²) >= 11 is 12.8. The molecule has 2 atom stereocenters. The Kier molecular flexibility index (Phi) is 6.69. The van der Waals surface area contributed by atoms with Crippen LogP contribution in [0.5, 0.6) is 0 Å². The molecule has 1 heterocycles. The second kappa shape index (κ2) is 9.25. The maximum absolute atomic E-state index is 14.1. The first-order chi connectivity index (χ1) is 16.0. The number of nitrogens with two attached hydrogens (primary N) is 1. The van der Waals surface area contributed by atoms with Gasteiger partial charge < -0.3 is 21.3 Å². The van der Waals surface area contributed by atoms with Gasteiger partial charge in [0.1, 0.15) is 0 Å². The second-order valence-electron chi connectivity index (χ2n) is 10.1. The lowest BCUT2D eigenvalue weighted by Crippen LogP contribution is -2.41. The van der Waals surface area contributed by atoms with E-state index in [0.29, 0.717) is 33.3 Å². The molecule has 1 aliphatic carbocycles. The molecule has 180 valence electrons. The number of ketones is 1. The Morgan fingerprint density at radius 3 is 2.53 bits per heavy atom. The number of carbonyl (C=O) groups excluding carboxylic acids is 2. The zero-order chi connectivity index (χ0) is 24.8. The van der Waals surface area contributed by atoms with Crippen molar-refractivity contribution >= 4 is 46.3 Å². The van der Waals surface area contributed by atoms with E-state index in [-0.39, 0.29) is 17.1 Å². The Morgan fingerprint density at radius 2 is 1.88 bits per heavy atom. The smallest absolute Gasteiger partial charge is 0.248 e. The maximum Gasteiger partial charge on any atom is 0.248 e. The number of nitrogens with zero attached hydrogens (tertiary/aromatic N) is 1. The minimum absolute atomic E-state index is 0.104. The van der Waals surface area contributed by atoms with Gasteiger partial charge in [-0.25, -0.2) is 0 Å². The average Bonchev–Trinajstić information content (AvgIpc) is 2.88. The van der Waals surface area contributed by atoms with Crippen LogP contribution >= 0.6 is 23.2 Å². The highest BCUT2D eigenvalue weighted by molar-refractivity contribution is 6.35. The summed E-state index contributed by atoms with van der Waals surface area (Å²) < 4.78 is 0. The minimum atomic E-state index is -0.510. The van der Waals surface area contributed by atoms with Gasteiger partial charge in [0, 0.05) is 32.8 Å². The van der Waals surface area contributed by atoms with Crippen LogP contribution in [-0.2, 0) is 4.79 Å². The molecule has 2 aliphatic rings. The molecule has 34 heavy (non-hydrogen) atoms. The van der Waals surface area contributed by atoms with Crippen LogP contribution in [0, 0.1) is 11.3 Å². The number of fused-ring (bicyclic) bond motifs is 1. The summed E-state index contributed by atoms with van der Waals surface area (Å²) in [6.07, 6.45) is 1.44. The first-order valence-corrected chi connectivity index (χ1v) is 12.1. The normalized spacial score (nSPS) is 21.3. The van der Waals surface area contributed by atoms with Crippen LogP contribution in [-0.4, -0.2) is 37.2 Å². The highest BCUT2D eigenvalue weighted by atomic mass is 35.5. The number of rotatable bonds is 5. The van der Waals surface area contributed by atoms with Crippen molar-refractivity contribution in [3.8, 4) is 0 Å². The van der Waals surface area contributed by atoms with Gasteiger partial charge in [0.15, 0.2) is 5.78 Å².